The maximum atomic E-state index is 12.8. The molecule has 5 rings (SSSR count). The van der Waals surface area contributed by atoms with Gasteiger partial charge in [-0.15, -0.1) is 11.3 Å². The Morgan fingerprint density at radius 1 is 0.794 bits per heavy atom. The molecule has 0 bridgehead atoms. The molecule has 168 valence electrons. The van der Waals surface area contributed by atoms with Crippen molar-refractivity contribution in [3.05, 3.63) is 108 Å². The number of hydrogen-bond acceptors (Lipinski definition) is 5. The van der Waals surface area contributed by atoms with Crippen LogP contribution in [0.25, 0.3) is 22.0 Å². The Morgan fingerprint density at radius 3 is 2.38 bits per heavy atom. The highest BCUT2D eigenvalue weighted by Gasteiger charge is 2.15. The molecule has 8 heteroatoms. The standard InChI is InChI=1S/C26H19N3O3S2/c30-25(21-9-6-10-22(16-21)29-34(31,32)23-11-2-1-3-12-23)28-26-27-24(17-33-26)20-14-13-18-7-4-5-8-19(18)15-20/h1-17,29H,(H,27,28,30). The highest BCUT2D eigenvalue weighted by Crippen LogP contribution is 2.28. The largest absolute Gasteiger partial charge is 0.298 e. The van der Waals surface area contributed by atoms with Crippen LogP contribution in [0.4, 0.5) is 10.8 Å². The molecule has 0 radical (unpaired) electrons. The zero-order valence-electron chi connectivity index (χ0n) is 17.8. The molecule has 1 aromatic heterocycles. The zero-order chi connectivity index (χ0) is 23.5. The van der Waals surface area contributed by atoms with E-state index < -0.39 is 10.0 Å². The molecular weight excluding hydrogens is 466 g/mol. The number of nitrogens with zero attached hydrogens (tertiary/aromatic N) is 1. The lowest BCUT2D eigenvalue weighted by atomic mass is 10.1. The number of nitrogens with one attached hydrogen (secondary N) is 2. The third-order valence-electron chi connectivity index (χ3n) is 5.20. The van der Waals surface area contributed by atoms with E-state index in [1.807, 2.05) is 35.7 Å². The van der Waals surface area contributed by atoms with Crippen LogP contribution in [0.3, 0.4) is 0 Å². The number of carbonyl (C=O) groups is 1. The summed E-state index contributed by atoms with van der Waals surface area (Å²) in [6, 6.07) is 28.6. The molecule has 0 aliphatic carbocycles. The normalized spacial score (nSPS) is 11.3. The fraction of sp³-hybridized carbons (Fsp3) is 0. The monoisotopic (exact) mass is 485 g/mol. The first kappa shape index (κ1) is 21.8. The van der Waals surface area contributed by atoms with Gasteiger partial charge in [-0.25, -0.2) is 13.4 Å². The van der Waals surface area contributed by atoms with Gasteiger partial charge in [-0.05, 0) is 47.2 Å². The first-order valence-corrected chi connectivity index (χ1v) is 12.8. The Hall–Kier alpha value is -4.01. The Labute approximate surface area is 201 Å². The number of rotatable bonds is 6. The van der Waals surface area contributed by atoms with Crippen LogP contribution in [0.2, 0.25) is 0 Å². The third kappa shape index (κ3) is 4.68. The Bertz CT molecular complexity index is 1600. The minimum absolute atomic E-state index is 0.147. The van der Waals surface area contributed by atoms with Crippen molar-refractivity contribution < 1.29 is 13.2 Å². The van der Waals surface area contributed by atoms with E-state index in [4.69, 9.17) is 0 Å². The Kier molecular flexibility index (Phi) is 5.83. The van der Waals surface area contributed by atoms with Crippen molar-refractivity contribution in [3.8, 4) is 11.3 Å². The van der Waals surface area contributed by atoms with E-state index in [0.29, 0.717) is 16.4 Å². The molecule has 4 aromatic carbocycles. The predicted molar refractivity (Wildman–Crippen MR) is 137 cm³/mol. The van der Waals surface area contributed by atoms with Crippen LogP contribution < -0.4 is 10.0 Å². The summed E-state index contributed by atoms with van der Waals surface area (Å²) in [7, 11) is -3.75. The highest BCUT2D eigenvalue weighted by molar-refractivity contribution is 7.92. The molecule has 6 nitrogen and oxygen atoms in total. The third-order valence-corrected chi connectivity index (χ3v) is 7.36. The Morgan fingerprint density at radius 2 is 1.56 bits per heavy atom. The first-order chi connectivity index (χ1) is 16.5. The van der Waals surface area contributed by atoms with Crippen LogP contribution in [0.5, 0.6) is 0 Å². The first-order valence-electron chi connectivity index (χ1n) is 10.4. The van der Waals surface area contributed by atoms with Crippen LogP contribution in [0, 0.1) is 0 Å². The molecule has 5 aromatic rings. The molecule has 1 amide bonds. The number of sulfonamides is 1. The van der Waals surface area contributed by atoms with Crippen LogP contribution in [0.15, 0.2) is 107 Å². The fourth-order valence-corrected chi connectivity index (χ4v) is 5.30. The van der Waals surface area contributed by atoms with Crippen LogP contribution in [-0.2, 0) is 10.0 Å². The van der Waals surface area contributed by atoms with Gasteiger partial charge in [-0.1, -0.05) is 60.7 Å². The molecule has 0 atom stereocenters. The minimum atomic E-state index is -3.75. The van der Waals surface area contributed by atoms with Crippen molar-refractivity contribution in [1.29, 1.82) is 0 Å². The summed E-state index contributed by atoms with van der Waals surface area (Å²) in [5, 5.41) is 7.42. The quantitative estimate of drug-likeness (QED) is 0.308. The van der Waals surface area contributed by atoms with E-state index in [9.17, 15) is 13.2 Å². The smallest absolute Gasteiger partial charge is 0.261 e. The van der Waals surface area contributed by atoms with Gasteiger partial charge in [0, 0.05) is 22.2 Å². The topological polar surface area (TPSA) is 88.2 Å². The number of hydrogen-bond donors (Lipinski definition) is 2. The van der Waals surface area contributed by atoms with Gasteiger partial charge in [0.1, 0.15) is 0 Å². The lowest BCUT2D eigenvalue weighted by Crippen LogP contribution is -2.15. The zero-order valence-corrected chi connectivity index (χ0v) is 19.4. The van der Waals surface area contributed by atoms with E-state index in [0.717, 1.165) is 22.0 Å². The predicted octanol–water partition coefficient (Wildman–Crippen LogP) is 6.02. The number of fused-ring (bicyclic) bond motifs is 1. The lowest BCUT2D eigenvalue weighted by Gasteiger charge is -2.09. The van der Waals surface area contributed by atoms with Gasteiger partial charge in [-0.3, -0.25) is 14.8 Å². The van der Waals surface area contributed by atoms with Gasteiger partial charge in [0.05, 0.1) is 10.6 Å². The summed E-state index contributed by atoms with van der Waals surface area (Å²) in [5.41, 5.74) is 2.35. The van der Waals surface area contributed by atoms with E-state index in [2.05, 4.69) is 27.2 Å². The number of aromatic nitrogens is 1. The Balaban J connectivity index is 1.32. The molecule has 0 aliphatic heterocycles. The fourth-order valence-electron chi connectivity index (χ4n) is 3.52. The van der Waals surface area contributed by atoms with E-state index >= 15 is 0 Å². The molecule has 0 aliphatic rings. The summed E-state index contributed by atoms with van der Waals surface area (Å²) >= 11 is 1.33. The second kappa shape index (κ2) is 9.09. The molecule has 0 spiro atoms. The second-order valence-corrected chi connectivity index (χ2v) is 10.1. The van der Waals surface area contributed by atoms with E-state index in [1.54, 1.807) is 36.4 Å². The molecule has 0 unspecified atom stereocenters. The maximum absolute atomic E-state index is 12.8. The van der Waals surface area contributed by atoms with Gasteiger partial charge in [0.15, 0.2) is 5.13 Å². The molecule has 1 heterocycles. The number of thiazole rings is 1. The number of benzene rings is 4. The minimum Gasteiger partial charge on any atom is -0.298 e. The van der Waals surface area contributed by atoms with Gasteiger partial charge < -0.3 is 0 Å². The number of amides is 1. The molecule has 2 N–H and O–H groups in total. The highest BCUT2D eigenvalue weighted by atomic mass is 32.2. The van der Waals surface area contributed by atoms with Crippen molar-refractivity contribution in [2.45, 2.75) is 4.90 Å². The summed E-state index contributed by atoms with van der Waals surface area (Å²) in [4.78, 5) is 17.5. The molecule has 0 fully saturated rings. The molecular formula is C26H19N3O3S2. The van der Waals surface area contributed by atoms with Crippen LogP contribution in [-0.4, -0.2) is 19.3 Å². The maximum Gasteiger partial charge on any atom is 0.261 e. The molecule has 0 saturated carbocycles. The van der Waals surface area contributed by atoms with Gasteiger partial charge in [0.2, 0.25) is 0 Å². The number of anilines is 2. The van der Waals surface area contributed by atoms with Crippen molar-refractivity contribution in [2.75, 3.05) is 10.0 Å². The van der Waals surface area contributed by atoms with Crippen molar-refractivity contribution in [1.82, 2.24) is 4.98 Å². The van der Waals surface area contributed by atoms with Gasteiger partial charge >= 0.3 is 0 Å². The molecule has 34 heavy (non-hydrogen) atoms. The molecule has 0 saturated heterocycles. The van der Waals surface area contributed by atoms with E-state index in [-0.39, 0.29) is 10.8 Å². The summed E-state index contributed by atoms with van der Waals surface area (Å²) < 4.78 is 27.7. The summed E-state index contributed by atoms with van der Waals surface area (Å²) in [6.45, 7) is 0. The van der Waals surface area contributed by atoms with Crippen molar-refractivity contribution in [3.63, 3.8) is 0 Å². The van der Waals surface area contributed by atoms with Gasteiger partial charge in [-0.2, -0.15) is 0 Å². The number of carbonyl (C=O) groups excluding carboxylic acids is 1. The van der Waals surface area contributed by atoms with E-state index in [1.165, 1.54) is 29.5 Å². The van der Waals surface area contributed by atoms with Crippen LogP contribution >= 0.6 is 11.3 Å². The lowest BCUT2D eigenvalue weighted by molar-refractivity contribution is 0.102. The van der Waals surface area contributed by atoms with Crippen molar-refractivity contribution in [2.24, 2.45) is 0 Å². The average molecular weight is 486 g/mol. The van der Waals surface area contributed by atoms with Crippen molar-refractivity contribution >= 4 is 48.9 Å². The van der Waals surface area contributed by atoms with Gasteiger partial charge in [0.25, 0.3) is 15.9 Å². The van der Waals surface area contributed by atoms with Crippen LogP contribution in [0.1, 0.15) is 10.4 Å². The average Bonchev–Trinajstić information content (AvgIpc) is 3.32. The SMILES string of the molecule is O=C(Nc1nc(-c2ccc3ccccc3c2)cs1)c1cccc(NS(=O)(=O)c2ccccc2)c1. The summed E-state index contributed by atoms with van der Waals surface area (Å²) in [6.07, 6.45) is 0. The summed E-state index contributed by atoms with van der Waals surface area (Å²) in [5.74, 6) is -0.375. The second-order valence-electron chi connectivity index (χ2n) is 7.55.